The highest BCUT2D eigenvalue weighted by molar-refractivity contribution is 5.43. The first kappa shape index (κ1) is 14.2. The minimum absolute atomic E-state index is 0.381. The minimum Gasteiger partial charge on any atom is -0.493 e. The molecule has 0 radical (unpaired) electrons. The molecule has 1 aromatic heterocycles. The third-order valence-corrected chi connectivity index (χ3v) is 2.89. The van der Waals surface area contributed by atoms with E-state index >= 15 is 0 Å². The molecule has 0 spiro atoms. The highest BCUT2D eigenvalue weighted by atomic mass is 16.5. The van der Waals surface area contributed by atoms with Crippen LogP contribution in [0.2, 0.25) is 0 Å². The molecule has 1 heterocycles. The van der Waals surface area contributed by atoms with Gasteiger partial charge in [-0.1, -0.05) is 11.8 Å². The van der Waals surface area contributed by atoms with E-state index in [0.717, 1.165) is 29.8 Å². The molecule has 0 aliphatic heterocycles. The van der Waals surface area contributed by atoms with Gasteiger partial charge in [0.2, 0.25) is 0 Å². The number of nitrogens with zero attached hydrogens (tertiary/aromatic N) is 2. The Hall–Kier alpha value is -2.25. The summed E-state index contributed by atoms with van der Waals surface area (Å²) in [6.07, 6.45) is 6.50. The molecular formula is C16H19N3O. The Labute approximate surface area is 119 Å². The average Bonchev–Trinajstić information content (AvgIpc) is 2.96. The van der Waals surface area contributed by atoms with E-state index < -0.39 is 0 Å². The van der Waals surface area contributed by atoms with Crippen molar-refractivity contribution in [2.45, 2.75) is 19.9 Å². The Balaban J connectivity index is 1.83. The number of imidazole rings is 1. The van der Waals surface area contributed by atoms with Gasteiger partial charge in [0.1, 0.15) is 5.75 Å². The van der Waals surface area contributed by atoms with Crippen LogP contribution in [0, 0.1) is 18.8 Å². The van der Waals surface area contributed by atoms with Crippen molar-refractivity contribution in [2.75, 3.05) is 13.2 Å². The molecule has 0 saturated carbocycles. The Kier molecular flexibility index (Phi) is 5.22. The molecule has 0 saturated heterocycles. The van der Waals surface area contributed by atoms with Crippen LogP contribution in [0.5, 0.6) is 5.75 Å². The zero-order valence-corrected chi connectivity index (χ0v) is 11.7. The highest BCUT2D eigenvalue weighted by Crippen LogP contribution is 2.18. The zero-order chi connectivity index (χ0) is 14.2. The maximum absolute atomic E-state index is 5.79. The van der Waals surface area contributed by atoms with Crippen LogP contribution in [0.4, 0.5) is 0 Å². The fourth-order valence-corrected chi connectivity index (χ4v) is 1.89. The molecule has 20 heavy (non-hydrogen) atoms. The zero-order valence-electron chi connectivity index (χ0n) is 11.7. The van der Waals surface area contributed by atoms with Gasteiger partial charge in [-0.2, -0.15) is 0 Å². The van der Waals surface area contributed by atoms with Crippen molar-refractivity contribution in [3.63, 3.8) is 0 Å². The fourth-order valence-electron chi connectivity index (χ4n) is 1.89. The second-order valence-electron chi connectivity index (χ2n) is 4.49. The van der Waals surface area contributed by atoms with Crippen LogP contribution in [0.15, 0.2) is 36.9 Å². The standard InChI is InChI=1S/C16H19N3O/c1-14-12-15(4-2-7-17)5-6-16(14)20-11-3-9-19-10-8-18-13-19/h5-6,8,10,12-13H,3,7,9,11,17H2,1H3. The predicted octanol–water partition coefficient (Wildman–Crippen LogP) is 1.97. The second-order valence-corrected chi connectivity index (χ2v) is 4.49. The summed E-state index contributed by atoms with van der Waals surface area (Å²) in [5.41, 5.74) is 7.43. The van der Waals surface area contributed by atoms with Gasteiger partial charge in [-0.05, 0) is 37.1 Å². The van der Waals surface area contributed by atoms with Gasteiger partial charge in [0.25, 0.3) is 0 Å². The average molecular weight is 269 g/mol. The number of hydrogen-bond donors (Lipinski definition) is 1. The third kappa shape index (κ3) is 4.15. The first-order chi connectivity index (χ1) is 9.79. The van der Waals surface area contributed by atoms with E-state index in [1.165, 1.54) is 0 Å². The number of benzene rings is 1. The quantitative estimate of drug-likeness (QED) is 0.667. The first-order valence-electron chi connectivity index (χ1n) is 6.67. The molecule has 1 aromatic carbocycles. The van der Waals surface area contributed by atoms with Gasteiger partial charge in [-0.3, -0.25) is 0 Å². The van der Waals surface area contributed by atoms with E-state index in [4.69, 9.17) is 10.5 Å². The number of rotatable bonds is 5. The van der Waals surface area contributed by atoms with Crippen molar-refractivity contribution in [1.29, 1.82) is 0 Å². The normalized spacial score (nSPS) is 9.90. The molecule has 0 unspecified atom stereocenters. The molecule has 0 bridgehead atoms. The van der Waals surface area contributed by atoms with Crippen LogP contribution in [0.1, 0.15) is 17.5 Å². The van der Waals surface area contributed by atoms with E-state index in [0.29, 0.717) is 13.2 Å². The van der Waals surface area contributed by atoms with Gasteiger partial charge in [0.05, 0.1) is 19.5 Å². The van der Waals surface area contributed by atoms with E-state index in [1.54, 1.807) is 6.20 Å². The summed E-state index contributed by atoms with van der Waals surface area (Å²) in [4.78, 5) is 4.01. The molecule has 2 rings (SSSR count). The fraction of sp³-hybridized carbons (Fsp3) is 0.312. The molecule has 104 valence electrons. The summed E-state index contributed by atoms with van der Waals surface area (Å²) in [5.74, 6) is 6.78. The number of aryl methyl sites for hydroxylation is 2. The van der Waals surface area contributed by atoms with Crippen LogP contribution in [-0.4, -0.2) is 22.7 Å². The molecule has 0 aliphatic carbocycles. The summed E-state index contributed by atoms with van der Waals surface area (Å²) in [5, 5.41) is 0. The summed E-state index contributed by atoms with van der Waals surface area (Å²) < 4.78 is 7.83. The van der Waals surface area contributed by atoms with Crippen LogP contribution < -0.4 is 10.5 Å². The van der Waals surface area contributed by atoms with Gasteiger partial charge >= 0.3 is 0 Å². The summed E-state index contributed by atoms with van der Waals surface area (Å²) in [6.45, 7) is 4.01. The SMILES string of the molecule is Cc1cc(C#CCN)ccc1OCCCn1ccnc1. The molecular weight excluding hydrogens is 250 g/mol. The lowest BCUT2D eigenvalue weighted by molar-refractivity contribution is 0.300. The molecule has 4 heteroatoms. The van der Waals surface area contributed by atoms with Crippen molar-refractivity contribution >= 4 is 0 Å². The highest BCUT2D eigenvalue weighted by Gasteiger charge is 2.00. The summed E-state index contributed by atoms with van der Waals surface area (Å²) in [7, 11) is 0. The number of aromatic nitrogens is 2. The van der Waals surface area contributed by atoms with Crippen molar-refractivity contribution in [2.24, 2.45) is 5.73 Å². The van der Waals surface area contributed by atoms with Crippen LogP contribution in [-0.2, 0) is 6.54 Å². The lowest BCUT2D eigenvalue weighted by Crippen LogP contribution is -2.04. The number of ether oxygens (including phenoxy) is 1. The van der Waals surface area contributed by atoms with Gasteiger partial charge in [-0.15, -0.1) is 0 Å². The Morgan fingerprint density at radius 2 is 2.30 bits per heavy atom. The Morgan fingerprint density at radius 3 is 3.00 bits per heavy atom. The molecule has 0 atom stereocenters. The van der Waals surface area contributed by atoms with Crippen molar-refractivity contribution < 1.29 is 4.74 Å². The first-order valence-corrected chi connectivity index (χ1v) is 6.67. The van der Waals surface area contributed by atoms with E-state index in [2.05, 4.69) is 16.8 Å². The van der Waals surface area contributed by atoms with E-state index in [1.807, 2.05) is 42.2 Å². The second kappa shape index (κ2) is 7.37. The van der Waals surface area contributed by atoms with Crippen molar-refractivity contribution in [3.05, 3.63) is 48.0 Å². The van der Waals surface area contributed by atoms with Crippen LogP contribution >= 0.6 is 0 Å². The molecule has 2 aromatic rings. The van der Waals surface area contributed by atoms with Crippen molar-refractivity contribution in [1.82, 2.24) is 9.55 Å². The third-order valence-electron chi connectivity index (χ3n) is 2.89. The molecule has 0 aliphatic rings. The van der Waals surface area contributed by atoms with Crippen molar-refractivity contribution in [3.8, 4) is 17.6 Å². The monoisotopic (exact) mass is 269 g/mol. The minimum atomic E-state index is 0.381. The number of hydrogen-bond acceptors (Lipinski definition) is 3. The molecule has 4 nitrogen and oxygen atoms in total. The smallest absolute Gasteiger partial charge is 0.122 e. The Bertz CT molecular complexity index is 594. The van der Waals surface area contributed by atoms with Gasteiger partial charge in [-0.25, -0.2) is 4.98 Å². The topological polar surface area (TPSA) is 53.1 Å². The molecule has 0 amide bonds. The summed E-state index contributed by atoms with van der Waals surface area (Å²) >= 11 is 0. The maximum atomic E-state index is 5.79. The Morgan fingerprint density at radius 1 is 1.40 bits per heavy atom. The van der Waals surface area contributed by atoms with Gasteiger partial charge in [0, 0.05) is 24.5 Å². The van der Waals surface area contributed by atoms with Crippen LogP contribution in [0.3, 0.4) is 0 Å². The molecule has 0 fully saturated rings. The largest absolute Gasteiger partial charge is 0.493 e. The van der Waals surface area contributed by atoms with Gasteiger partial charge in [0.15, 0.2) is 0 Å². The lowest BCUT2D eigenvalue weighted by Gasteiger charge is -2.09. The van der Waals surface area contributed by atoms with E-state index in [-0.39, 0.29) is 0 Å². The maximum Gasteiger partial charge on any atom is 0.122 e. The lowest BCUT2D eigenvalue weighted by atomic mass is 10.1. The van der Waals surface area contributed by atoms with Crippen LogP contribution in [0.25, 0.3) is 0 Å². The van der Waals surface area contributed by atoms with E-state index in [9.17, 15) is 0 Å². The molecule has 2 N–H and O–H groups in total. The number of nitrogens with two attached hydrogens (primary N) is 1. The predicted molar refractivity (Wildman–Crippen MR) is 79.5 cm³/mol. The summed E-state index contributed by atoms with van der Waals surface area (Å²) in [6, 6.07) is 5.95. The van der Waals surface area contributed by atoms with Gasteiger partial charge < -0.3 is 15.0 Å².